The Morgan fingerprint density at radius 2 is 1.43 bits per heavy atom. The van der Waals surface area contributed by atoms with Crippen molar-refractivity contribution in [3.63, 3.8) is 0 Å². The van der Waals surface area contributed by atoms with Crippen molar-refractivity contribution in [2.45, 2.75) is 34.2 Å². The maximum Gasteiger partial charge on any atom is 0.197 e. The number of fused-ring (bicyclic) bond motifs is 3. The predicted octanol–water partition coefficient (Wildman–Crippen LogP) is 7.46. The van der Waals surface area contributed by atoms with E-state index in [1.54, 1.807) is 6.08 Å². The largest absolute Gasteiger partial charge is 0.454 e. The van der Waals surface area contributed by atoms with Crippen molar-refractivity contribution in [2.24, 2.45) is 0 Å². The predicted molar refractivity (Wildman–Crippen MR) is 140 cm³/mol. The number of aryl methyl sites for hydroxylation is 4. The van der Waals surface area contributed by atoms with Gasteiger partial charge in [-0.05, 0) is 67.8 Å². The van der Waals surface area contributed by atoms with E-state index in [9.17, 15) is 9.59 Å². The Hall–Kier alpha value is -4.18. The van der Waals surface area contributed by atoms with Gasteiger partial charge >= 0.3 is 0 Å². The molecular formula is C31H25NO3. The molecule has 0 radical (unpaired) electrons. The summed E-state index contributed by atoms with van der Waals surface area (Å²) in [6.45, 7) is 9.04. The molecule has 0 atom stereocenters. The monoisotopic (exact) mass is 459 g/mol. The number of allylic oxidation sites excluding steroid dienone is 1. The SMILES string of the molecule is CCn1c(C=C2C(=O)c3cc4ccccc4cc3C2=O)cc2oc(-c3c(C)cc(C)cc3C)cc21. The molecule has 1 aliphatic carbocycles. The van der Waals surface area contributed by atoms with Gasteiger partial charge in [-0.2, -0.15) is 0 Å². The molecular weight excluding hydrogens is 434 g/mol. The molecule has 0 saturated carbocycles. The Bertz CT molecular complexity index is 1660. The molecule has 6 rings (SSSR count). The highest BCUT2D eigenvalue weighted by Crippen LogP contribution is 2.36. The van der Waals surface area contributed by atoms with Crippen LogP contribution >= 0.6 is 0 Å². The Balaban J connectivity index is 1.45. The molecule has 0 aliphatic heterocycles. The molecule has 4 heteroatoms. The van der Waals surface area contributed by atoms with Gasteiger partial charge in [-0.3, -0.25) is 9.59 Å². The van der Waals surface area contributed by atoms with Gasteiger partial charge in [0.2, 0.25) is 0 Å². The zero-order valence-corrected chi connectivity index (χ0v) is 20.2. The molecule has 5 aromatic rings. The van der Waals surface area contributed by atoms with Gasteiger partial charge in [-0.15, -0.1) is 0 Å². The minimum absolute atomic E-state index is 0.204. The summed E-state index contributed by atoms with van der Waals surface area (Å²) in [7, 11) is 0. The lowest BCUT2D eigenvalue weighted by molar-refractivity contribution is 0.0990. The van der Waals surface area contributed by atoms with Crippen molar-refractivity contribution in [1.82, 2.24) is 4.57 Å². The van der Waals surface area contributed by atoms with Crippen molar-refractivity contribution >= 4 is 39.5 Å². The molecule has 0 fully saturated rings. The van der Waals surface area contributed by atoms with Crippen LogP contribution in [0.3, 0.4) is 0 Å². The van der Waals surface area contributed by atoms with Gasteiger partial charge in [0.15, 0.2) is 17.1 Å². The number of nitrogens with zero attached hydrogens (tertiary/aromatic N) is 1. The summed E-state index contributed by atoms with van der Waals surface area (Å²) < 4.78 is 8.38. The molecule has 0 unspecified atom stereocenters. The topological polar surface area (TPSA) is 52.2 Å². The first kappa shape index (κ1) is 21.4. The van der Waals surface area contributed by atoms with Gasteiger partial charge < -0.3 is 8.98 Å². The summed E-state index contributed by atoms with van der Waals surface area (Å²) in [6.07, 6.45) is 1.72. The number of furan rings is 1. The van der Waals surface area contributed by atoms with Crippen LogP contribution in [-0.4, -0.2) is 16.1 Å². The van der Waals surface area contributed by atoms with Crippen LogP contribution in [0.2, 0.25) is 0 Å². The fourth-order valence-corrected chi connectivity index (χ4v) is 5.51. The highest BCUT2D eigenvalue weighted by atomic mass is 16.3. The molecule has 2 aromatic heterocycles. The summed E-state index contributed by atoms with van der Waals surface area (Å²) in [5.41, 5.74) is 8.34. The van der Waals surface area contributed by atoms with E-state index >= 15 is 0 Å². The number of carbonyl (C=O) groups excluding carboxylic acids is 2. The second-order valence-electron chi connectivity index (χ2n) is 9.41. The van der Waals surface area contributed by atoms with Crippen LogP contribution in [-0.2, 0) is 6.54 Å². The minimum Gasteiger partial charge on any atom is -0.454 e. The third-order valence-electron chi connectivity index (χ3n) is 7.02. The second kappa shape index (κ2) is 7.67. The first-order chi connectivity index (χ1) is 16.9. The Morgan fingerprint density at radius 3 is 2.00 bits per heavy atom. The molecule has 0 saturated heterocycles. The number of ketones is 2. The quantitative estimate of drug-likeness (QED) is 0.208. The summed E-state index contributed by atoms with van der Waals surface area (Å²) in [5, 5.41) is 1.91. The number of Topliss-reactive ketones (excluding diaryl/α,β-unsaturated/α-hetero) is 2. The van der Waals surface area contributed by atoms with Crippen LogP contribution in [0.25, 0.3) is 39.3 Å². The van der Waals surface area contributed by atoms with Crippen molar-refractivity contribution < 1.29 is 14.0 Å². The van der Waals surface area contributed by atoms with E-state index in [0.29, 0.717) is 17.7 Å². The molecule has 172 valence electrons. The summed E-state index contributed by atoms with van der Waals surface area (Å²) >= 11 is 0. The average molecular weight is 460 g/mol. The molecule has 35 heavy (non-hydrogen) atoms. The highest BCUT2D eigenvalue weighted by Gasteiger charge is 2.34. The zero-order valence-electron chi connectivity index (χ0n) is 20.2. The van der Waals surface area contributed by atoms with Crippen LogP contribution in [0, 0.1) is 20.8 Å². The second-order valence-corrected chi connectivity index (χ2v) is 9.41. The van der Waals surface area contributed by atoms with E-state index in [1.807, 2.05) is 42.5 Å². The van der Waals surface area contributed by atoms with Gasteiger partial charge in [0.05, 0.1) is 11.1 Å². The molecule has 0 bridgehead atoms. The third kappa shape index (κ3) is 3.21. The standard InChI is InChI=1S/C31H25NO3/c1-5-32-22(15-27-26(32)16-28(35-27)29-18(3)10-17(2)11-19(29)4)14-25-30(33)23-12-20-8-6-7-9-21(20)13-24(23)31(25)34/h6-16H,5H2,1-4H3. The van der Waals surface area contributed by atoms with E-state index < -0.39 is 0 Å². The summed E-state index contributed by atoms with van der Waals surface area (Å²) in [4.78, 5) is 26.5. The van der Waals surface area contributed by atoms with Gasteiger partial charge in [0.25, 0.3) is 0 Å². The molecule has 3 aromatic carbocycles. The zero-order chi connectivity index (χ0) is 24.4. The number of rotatable bonds is 3. The number of carbonyl (C=O) groups is 2. The minimum atomic E-state index is -0.220. The van der Waals surface area contributed by atoms with Gasteiger partial charge in [0.1, 0.15) is 5.76 Å². The van der Waals surface area contributed by atoms with Crippen LogP contribution in [0.15, 0.2) is 70.7 Å². The smallest absolute Gasteiger partial charge is 0.197 e. The first-order valence-corrected chi connectivity index (χ1v) is 11.9. The lowest BCUT2D eigenvalue weighted by Gasteiger charge is -2.09. The fraction of sp³-hybridized carbons (Fsp3) is 0.161. The molecule has 2 heterocycles. The highest BCUT2D eigenvalue weighted by molar-refractivity contribution is 6.42. The number of hydrogen-bond acceptors (Lipinski definition) is 3. The van der Waals surface area contributed by atoms with E-state index in [2.05, 4.69) is 50.5 Å². The van der Waals surface area contributed by atoms with Gasteiger partial charge in [-0.1, -0.05) is 42.0 Å². The lowest BCUT2D eigenvalue weighted by Crippen LogP contribution is -2.03. The summed E-state index contributed by atoms with van der Waals surface area (Å²) in [5.74, 6) is 0.393. The Morgan fingerprint density at radius 1 is 0.829 bits per heavy atom. The Kier molecular flexibility index (Phi) is 4.68. The van der Waals surface area contributed by atoms with Crippen molar-refractivity contribution in [2.75, 3.05) is 0 Å². The van der Waals surface area contributed by atoms with E-state index in [1.165, 1.54) is 16.7 Å². The fourth-order valence-electron chi connectivity index (χ4n) is 5.51. The Labute approximate surface area is 203 Å². The number of aromatic nitrogens is 1. The maximum atomic E-state index is 13.2. The van der Waals surface area contributed by atoms with Gasteiger partial charge in [-0.25, -0.2) is 0 Å². The third-order valence-corrected chi connectivity index (χ3v) is 7.02. The van der Waals surface area contributed by atoms with Crippen LogP contribution in [0.1, 0.15) is 50.0 Å². The normalized spacial score (nSPS) is 13.3. The molecule has 1 aliphatic rings. The van der Waals surface area contributed by atoms with Gasteiger partial charge in [0, 0.05) is 41.1 Å². The van der Waals surface area contributed by atoms with Crippen LogP contribution in [0.4, 0.5) is 0 Å². The molecule has 4 nitrogen and oxygen atoms in total. The lowest BCUT2D eigenvalue weighted by atomic mass is 9.98. The van der Waals surface area contributed by atoms with Crippen LogP contribution in [0.5, 0.6) is 0 Å². The van der Waals surface area contributed by atoms with E-state index in [4.69, 9.17) is 4.42 Å². The van der Waals surface area contributed by atoms with Crippen LogP contribution < -0.4 is 0 Å². The first-order valence-electron chi connectivity index (χ1n) is 11.9. The van der Waals surface area contributed by atoms with Crippen molar-refractivity contribution in [3.05, 3.63) is 99.7 Å². The number of benzene rings is 3. The average Bonchev–Trinajstić information content (AvgIpc) is 3.43. The molecule has 0 spiro atoms. The summed E-state index contributed by atoms with van der Waals surface area (Å²) in [6, 6.07) is 19.8. The molecule has 0 amide bonds. The number of hydrogen-bond donors (Lipinski definition) is 0. The van der Waals surface area contributed by atoms with Crippen molar-refractivity contribution in [3.8, 4) is 11.3 Å². The van der Waals surface area contributed by atoms with Crippen molar-refractivity contribution in [1.29, 1.82) is 0 Å². The maximum absolute atomic E-state index is 13.2. The molecule has 0 N–H and O–H groups in total. The van der Waals surface area contributed by atoms with E-state index in [-0.39, 0.29) is 17.1 Å². The van der Waals surface area contributed by atoms with E-state index in [0.717, 1.165) is 38.9 Å².